The monoisotopic (exact) mass is 429 g/mol. The minimum atomic E-state index is 0.0343. The van der Waals surface area contributed by atoms with E-state index >= 15 is 0 Å². The normalized spacial score (nSPS) is 19.8. The number of hydrogen-bond donors (Lipinski definition) is 0. The molecule has 2 aliphatic rings. The Kier molecular flexibility index (Phi) is 6.58. The molecule has 1 saturated carbocycles. The first-order chi connectivity index (χ1) is 14.4. The van der Waals surface area contributed by atoms with E-state index in [1.54, 1.807) is 16.2 Å². The van der Waals surface area contributed by atoms with Crippen molar-refractivity contribution in [3.63, 3.8) is 0 Å². The van der Waals surface area contributed by atoms with E-state index in [0.717, 1.165) is 43.1 Å². The fourth-order valence-electron chi connectivity index (χ4n) is 5.06. The lowest BCUT2D eigenvalue weighted by Crippen LogP contribution is -2.37. The van der Waals surface area contributed by atoms with Crippen LogP contribution in [0.2, 0.25) is 0 Å². The van der Waals surface area contributed by atoms with Gasteiger partial charge in [-0.25, -0.2) is 4.98 Å². The Hall–Kier alpha value is -1.73. The summed E-state index contributed by atoms with van der Waals surface area (Å²) in [6, 6.07) is 0.417. The molecule has 0 aliphatic heterocycles. The van der Waals surface area contributed by atoms with Crippen LogP contribution in [0.25, 0.3) is 0 Å². The van der Waals surface area contributed by atoms with Crippen LogP contribution >= 0.6 is 11.3 Å². The summed E-state index contributed by atoms with van der Waals surface area (Å²) >= 11 is 1.71. The van der Waals surface area contributed by atoms with Gasteiger partial charge < -0.3 is 4.90 Å². The smallest absolute Gasteiger partial charge is 0.274 e. The third kappa shape index (κ3) is 4.62. The quantitative estimate of drug-likeness (QED) is 0.698. The Balaban J connectivity index is 1.55. The van der Waals surface area contributed by atoms with Crippen LogP contribution in [-0.4, -0.2) is 57.7 Å². The molecule has 30 heavy (non-hydrogen) atoms. The van der Waals surface area contributed by atoms with Crippen molar-refractivity contribution in [1.82, 2.24) is 24.6 Å². The maximum Gasteiger partial charge on any atom is 0.274 e. The lowest BCUT2D eigenvalue weighted by atomic mass is 9.88. The SMILES string of the molecule is Cc1nc(CN(C)[C@H]2CCc3c(c(C(=O)N(C)C)nn3CC3CCCCC3)C2)cs1. The number of aromatic nitrogens is 3. The van der Waals surface area contributed by atoms with Crippen LogP contribution < -0.4 is 0 Å². The molecule has 0 saturated heterocycles. The Bertz CT molecular complexity index is 880. The molecule has 2 heterocycles. The van der Waals surface area contributed by atoms with E-state index in [4.69, 9.17) is 5.10 Å². The Morgan fingerprint density at radius 2 is 1.97 bits per heavy atom. The van der Waals surface area contributed by atoms with E-state index in [1.165, 1.54) is 43.4 Å². The molecule has 4 rings (SSSR count). The largest absolute Gasteiger partial charge is 0.343 e. The highest BCUT2D eigenvalue weighted by Gasteiger charge is 2.32. The molecule has 1 atom stereocenters. The third-order valence-corrected chi connectivity index (χ3v) is 7.61. The van der Waals surface area contributed by atoms with Gasteiger partial charge >= 0.3 is 0 Å². The predicted octanol–water partition coefficient (Wildman–Crippen LogP) is 3.92. The topological polar surface area (TPSA) is 54.3 Å². The molecule has 1 amide bonds. The highest BCUT2D eigenvalue weighted by Crippen LogP contribution is 2.31. The number of aryl methyl sites for hydroxylation is 1. The second-order valence-corrected chi connectivity index (χ2v) is 10.4. The molecule has 0 spiro atoms. The van der Waals surface area contributed by atoms with E-state index < -0.39 is 0 Å². The number of nitrogens with zero attached hydrogens (tertiary/aromatic N) is 5. The van der Waals surface area contributed by atoms with E-state index in [1.807, 2.05) is 14.1 Å². The van der Waals surface area contributed by atoms with Gasteiger partial charge in [0.05, 0.1) is 10.7 Å². The number of amides is 1. The van der Waals surface area contributed by atoms with Crippen molar-refractivity contribution in [3.05, 3.63) is 33.0 Å². The Labute approximate surface area is 184 Å². The van der Waals surface area contributed by atoms with E-state index in [9.17, 15) is 4.79 Å². The van der Waals surface area contributed by atoms with Crippen molar-refractivity contribution in [2.45, 2.75) is 77.4 Å². The van der Waals surface area contributed by atoms with Gasteiger partial charge in [0, 0.05) is 49.9 Å². The first-order valence-electron chi connectivity index (χ1n) is 11.3. The summed E-state index contributed by atoms with van der Waals surface area (Å²) in [4.78, 5) is 21.6. The zero-order valence-corrected chi connectivity index (χ0v) is 19.7. The maximum absolute atomic E-state index is 12.9. The lowest BCUT2D eigenvalue weighted by molar-refractivity contribution is 0.0819. The number of carbonyl (C=O) groups excluding carboxylic acids is 1. The zero-order chi connectivity index (χ0) is 21.3. The average Bonchev–Trinajstić information content (AvgIpc) is 3.31. The van der Waals surface area contributed by atoms with Crippen LogP contribution in [0.5, 0.6) is 0 Å². The summed E-state index contributed by atoms with van der Waals surface area (Å²) in [6.07, 6.45) is 9.63. The molecule has 0 radical (unpaired) electrons. The fourth-order valence-corrected chi connectivity index (χ4v) is 5.66. The van der Waals surface area contributed by atoms with Crippen LogP contribution in [0, 0.1) is 12.8 Å². The van der Waals surface area contributed by atoms with E-state index in [2.05, 4.69) is 33.9 Å². The van der Waals surface area contributed by atoms with Gasteiger partial charge in [0.1, 0.15) is 0 Å². The third-order valence-electron chi connectivity index (χ3n) is 6.79. The van der Waals surface area contributed by atoms with Gasteiger partial charge in [-0.15, -0.1) is 11.3 Å². The number of carbonyl (C=O) groups is 1. The minimum absolute atomic E-state index is 0.0343. The van der Waals surface area contributed by atoms with E-state index in [0.29, 0.717) is 17.7 Å². The summed E-state index contributed by atoms with van der Waals surface area (Å²) in [6.45, 7) is 3.89. The summed E-state index contributed by atoms with van der Waals surface area (Å²) in [5.41, 5.74) is 4.30. The Morgan fingerprint density at radius 3 is 2.63 bits per heavy atom. The number of rotatable bonds is 6. The van der Waals surface area contributed by atoms with Gasteiger partial charge in [0.15, 0.2) is 5.69 Å². The van der Waals surface area contributed by atoms with Gasteiger partial charge in [-0.1, -0.05) is 19.3 Å². The van der Waals surface area contributed by atoms with Crippen LogP contribution in [-0.2, 0) is 25.9 Å². The molecule has 2 aromatic heterocycles. The van der Waals surface area contributed by atoms with Crippen LogP contribution in [0.15, 0.2) is 5.38 Å². The van der Waals surface area contributed by atoms with Crippen molar-refractivity contribution in [3.8, 4) is 0 Å². The minimum Gasteiger partial charge on any atom is -0.343 e. The fraction of sp³-hybridized carbons (Fsp3) is 0.696. The highest BCUT2D eigenvalue weighted by molar-refractivity contribution is 7.09. The molecule has 2 aromatic rings. The molecule has 0 bridgehead atoms. The van der Waals surface area contributed by atoms with Gasteiger partial charge in [-0.3, -0.25) is 14.4 Å². The van der Waals surface area contributed by atoms with Crippen molar-refractivity contribution < 1.29 is 4.79 Å². The van der Waals surface area contributed by atoms with Gasteiger partial charge in [0.25, 0.3) is 5.91 Å². The summed E-state index contributed by atoms with van der Waals surface area (Å²) < 4.78 is 2.20. The molecule has 164 valence electrons. The number of thiazole rings is 1. The average molecular weight is 430 g/mol. The first-order valence-corrected chi connectivity index (χ1v) is 12.2. The summed E-state index contributed by atoms with van der Waals surface area (Å²) in [5.74, 6) is 0.741. The molecular weight excluding hydrogens is 394 g/mol. The maximum atomic E-state index is 12.9. The molecule has 6 nitrogen and oxygen atoms in total. The standard InChI is InChI=1S/C23H35N5OS/c1-16-24-18(15-30-16)14-27(4)19-10-11-21-20(12-19)22(23(29)26(2)3)25-28(21)13-17-8-6-5-7-9-17/h15,17,19H,5-14H2,1-4H3/t19-/m0/s1. The van der Waals surface area contributed by atoms with Crippen LogP contribution in [0.1, 0.15) is 71.0 Å². The van der Waals surface area contributed by atoms with Crippen LogP contribution in [0.4, 0.5) is 0 Å². The first kappa shape index (κ1) is 21.5. The van der Waals surface area contributed by atoms with Crippen molar-refractivity contribution >= 4 is 17.2 Å². The number of likely N-dealkylation sites (N-methyl/N-ethyl adjacent to an activating group) is 1. The summed E-state index contributed by atoms with van der Waals surface area (Å²) in [7, 11) is 5.84. The second-order valence-electron chi connectivity index (χ2n) is 9.33. The molecule has 0 aromatic carbocycles. The molecule has 0 unspecified atom stereocenters. The van der Waals surface area contributed by atoms with Crippen LogP contribution in [0.3, 0.4) is 0 Å². The van der Waals surface area contributed by atoms with Crippen molar-refractivity contribution in [2.24, 2.45) is 5.92 Å². The summed E-state index contributed by atoms with van der Waals surface area (Å²) in [5, 5.41) is 8.16. The predicted molar refractivity (Wildman–Crippen MR) is 121 cm³/mol. The zero-order valence-electron chi connectivity index (χ0n) is 18.9. The number of hydrogen-bond acceptors (Lipinski definition) is 5. The highest BCUT2D eigenvalue weighted by atomic mass is 32.1. The second kappa shape index (κ2) is 9.18. The van der Waals surface area contributed by atoms with E-state index in [-0.39, 0.29) is 5.91 Å². The van der Waals surface area contributed by atoms with Gasteiger partial charge in [-0.2, -0.15) is 5.10 Å². The molecular formula is C23H35N5OS. The molecule has 7 heteroatoms. The molecule has 1 fully saturated rings. The molecule has 0 N–H and O–H groups in total. The van der Waals surface area contributed by atoms with Gasteiger partial charge in [0.2, 0.25) is 0 Å². The van der Waals surface area contributed by atoms with Crippen molar-refractivity contribution in [1.29, 1.82) is 0 Å². The lowest BCUT2D eigenvalue weighted by Gasteiger charge is -2.31. The Morgan fingerprint density at radius 1 is 1.20 bits per heavy atom. The van der Waals surface area contributed by atoms with Gasteiger partial charge in [-0.05, 0) is 52.0 Å². The molecule has 2 aliphatic carbocycles. The van der Waals surface area contributed by atoms with Crippen molar-refractivity contribution in [2.75, 3.05) is 21.1 Å². The number of fused-ring (bicyclic) bond motifs is 1.